The Morgan fingerprint density at radius 1 is 1.24 bits per heavy atom. The molecule has 110 valence electrons. The highest BCUT2D eigenvalue weighted by Gasteiger charge is 2.10. The average Bonchev–Trinajstić information content (AvgIpc) is 2.45. The van der Waals surface area contributed by atoms with Crippen molar-refractivity contribution in [1.82, 2.24) is 0 Å². The number of hydrogen-bond acceptors (Lipinski definition) is 2. The lowest BCUT2D eigenvalue weighted by Crippen LogP contribution is -2.05. The van der Waals surface area contributed by atoms with Gasteiger partial charge in [0.15, 0.2) is 0 Å². The maximum absolute atomic E-state index is 5.76. The first-order chi connectivity index (χ1) is 10.1. The Hall–Kier alpha value is -1.26. The van der Waals surface area contributed by atoms with Crippen molar-refractivity contribution in [2.75, 3.05) is 11.9 Å². The van der Waals surface area contributed by atoms with Crippen molar-refractivity contribution in [2.45, 2.75) is 13.5 Å². The van der Waals surface area contributed by atoms with Gasteiger partial charge in [-0.3, -0.25) is 0 Å². The standard InChI is InChI=1S/C17H17Br2NO/c1-3-8-21-17-13(9-14(18)10-15(17)19)11-20-16-7-5-4-6-12(16)2/h3-7,9-10,20H,1,8,11H2,2H3. The summed E-state index contributed by atoms with van der Waals surface area (Å²) in [5, 5.41) is 3.45. The zero-order chi connectivity index (χ0) is 15.2. The molecular weight excluding hydrogens is 394 g/mol. The maximum atomic E-state index is 5.76. The van der Waals surface area contributed by atoms with Gasteiger partial charge in [0.2, 0.25) is 0 Å². The molecule has 0 radical (unpaired) electrons. The summed E-state index contributed by atoms with van der Waals surface area (Å²) in [6, 6.07) is 12.3. The molecule has 0 aliphatic heterocycles. The zero-order valence-electron chi connectivity index (χ0n) is 11.8. The van der Waals surface area contributed by atoms with Gasteiger partial charge < -0.3 is 10.1 Å². The van der Waals surface area contributed by atoms with Gasteiger partial charge in [-0.15, -0.1) is 0 Å². The lowest BCUT2D eigenvalue weighted by atomic mass is 10.1. The fraction of sp³-hybridized carbons (Fsp3) is 0.176. The zero-order valence-corrected chi connectivity index (χ0v) is 15.0. The molecule has 0 unspecified atom stereocenters. The molecule has 0 spiro atoms. The van der Waals surface area contributed by atoms with Gasteiger partial charge in [-0.2, -0.15) is 0 Å². The smallest absolute Gasteiger partial charge is 0.139 e. The van der Waals surface area contributed by atoms with Crippen LogP contribution in [-0.4, -0.2) is 6.61 Å². The van der Waals surface area contributed by atoms with Crippen LogP contribution in [-0.2, 0) is 6.54 Å². The molecule has 0 saturated carbocycles. The van der Waals surface area contributed by atoms with Crippen molar-refractivity contribution in [3.05, 3.63) is 69.1 Å². The minimum absolute atomic E-state index is 0.484. The number of ether oxygens (including phenoxy) is 1. The molecule has 2 aromatic carbocycles. The number of nitrogens with one attached hydrogen (secondary N) is 1. The normalized spacial score (nSPS) is 10.2. The molecular formula is C17H17Br2NO. The highest BCUT2D eigenvalue weighted by molar-refractivity contribution is 9.11. The van der Waals surface area contributed by atoms with Crippen molar-refractivity contribution in [2.24, 2.45) is 0 Å². The SMILES string of the molecule is C=CCOc1c(Br)cc(Br)cc1CNc1ccccc1C. The van der Waals surface area contributed by atoms with Crippen LogP contribution in [0.1, 0.15) is 11.1 Å². The van der Waals surface area contributed by atoms with E-state index in [1.807, 2.05) is 18.2 Å². The second-order valence-corrected chi connectivity index (χ2v) is 6.41. The summed E-state index contributed by atoms with van der Waals surface area (Å²) in [5.41, 5.74) is 3.43. The molecule has 0 aliphatic carbocycles. The molecule has 2 aromatic rings. The Bertz CT molecular complexity index is 641. The summed E-state index contributed by atoms with van der Waals surface area (Å²) in [6.07, 6.45) is 1.74. The van der Waals surface area contributed by atoms with Crippen molar-refractivity contribution in [3.8, 4) is 5.75 Å². The minimum Gasteiger partial charge on any atom is -0.488 e. The molecule has 0 amide bonds. The Morgan fingerprint density at radius 3 is 2.71 bits per heavy atom. The summed E-state index contributed by atoms with van der Waals surface area (Å²) in [5.74, 6) is 0.846. The Kier molecular flexibility index (Phi) is 5.88. The number of rotatable bonds is 6. The fourth-order valence-electron chi connectivity index (χ4n) is 2.01. The van der Waals surface area contributed by atoms with Gasteiger partial charge in [-0.1, -0.05) is 46.8 Å². The molecule has 2 nitrogen and oxygen atoms in total. The van der Waals surface area contributed by atoms with E-state index in [-0.39, 0.29) is 0 Å². The second kappa shape index (κ2) is 7.66. The van der Waals surface area contributed by atoms with Crippen LogP contribution in [0.2, 0.25) is 0 Å². The summed E-state index contributed by atoms with van der Waals surface area (Å²) in [7, 11) is 0. The molecule has 21 heavy (non-hydrogen) atoms. The molecule has 1 N–H and O–H groups in total. The number of para-hydroxylation sites is 1. The second-order valence-electron chi connectivity index (χ2n) is 4.64. The van der Waals surface area contributed by atoms with Crippen LogP contribution in [0.15, 0.2) is 58.0 Å². The third-order valence-corrected chi connectivity index (χ3v) is 4.09. The summed E-state index contributed by atoms with van der Waals surface area (Å²) < 4.78 is 7.71. The third-order valence-electron chi connectivity index (χ3n) is 3.05. The van der Waals surface area contributed by atoms with Crippen LogP contribution in [0, 0.1) is 6.92 Å². The molecule has 0 heterocycles. The highest BCUT2D eigenvalue weighted by Crippen LogP contribution is 2.33. The van der Waals surface area contributed by atoms with Crippen molar-refractivity contribution >= 4 is 37.5 Å². The maximum Gasteiger partial charge on any atom is 0.139 e. The Labute approximate surface area is 142 Å². The molecule has 0 bridgehead atoms. The monoisotopic (exact) mass is 409 g/mol. The first kappa shape index (κ1) is 16.1. The number of halogens is 2. The van der Waals surface area contributed by atoms with Crippen LogP contribution < -0.4 is 10.1 Å². The molecule has 4 heteroatoms. The van der Waals surface area contributed by atoms with Crippen molar-refractivity contribution in [1.29, 1.82) is 0 Å². The molecule has 0 saturated heterocycles. The van der Waals surface area contributed by atoms with Crippen molar-refractivity contribution < 1.29 is 4.74 Å². The number of aryl methyl sites for hydroxylation is 1. The number of anilines is 1. The summed E-state index contributed by atoms with van der Waals surface area (Å²) in [6.45, 7) is 6.96. The quantitative estimate of drug-likeness (QED) is 0.617. The number of hydrogen-bond donors (Lipinski definition) is 1. The summed E-state index contributed by atoms with van der Waals surface area (Å²) >= 11 is 7.07. The Balaban J connectivity index is 2.22. The fourth-order valence-corrected chi connectivity index (χ4v) is 3.44. The summed E-state index contributed by atoms with van der Waals surface area (Å²) in [4.78, 5) is 0. The predicted molar refractivity (Wildman–Crippen MR) is 96.0 cm³/mol. The van der Waals surface area contributed by atoms with E-state index >= 15 is 0 Å². The molecule has 0 aromatic heterocycles. The van der Waals surface area contributed by atoms with E-state index in [1.165, 1.54) is 5.56 Å². The van der Waals surface area contributed by atoms with Gasteiger partial charge in [-0.25, -0.2) is 0 Å². The van der Waals surface area contributed by atoms with Gasteiger partial charge in [0.05, 0.1) is 4.47 Å². The van der Waals surface area contributed by atoms with Crippen LogP contribution in [0.25, 0.3) is 0 Å². The van der Waals surface area contributed by atoms with E-state index < -0.39 is 0 Å². The van der Waals surface area contributed by atoms with Gasteiger partial charge in [0.1, 0.15) is 12.4 Å². The average molecular weight is 411 g/mol. The van der Waals surface area contributed by atoms with E-state index in [0.717, 1.165) is 25.9 Å². The van der Waals surface area contributed by atoms with Crippen molar-refractivity contribution in [3.63, 3.8) is 0 Å². The first-order valence-corrected chi connectivity index (χ1v) is 8.21. The van der Waals surface area contributed by atoms with Crippen LogP contribution in [0.5, 0.6) is 5.75 Å². The Morgan fingerprint density at radius 2 is 2.00 bits per heavy atom. The van der Waals surface area contributed by atoms with Gasteiger partial charge in [0.25, 0.3) is 0 Å². The first-order valence-electron chi connectivity index (χ1n) is 6.63. The van der Waals surface area contributed by atoms with Gasteiger partial charge >= 0.3 is 0 Å². The molecule has 0 atom stereocenters. The number of benzene rings is 2. The van der Waals surface area contributed by atoms with E-state index in [4.69, 9.17) is 4.74 Å². The minimum atomic E-state index is 0.484. The van der Waals surface area contributed by atoms with Crippen LogP contribution >= 0.6 is 31.9 Å². The molecule has 0 aliphatic rings. The topological polar surface area (TPSA) is 21.3 Å². The molecule has 0 fully saturated rings. The van der Waals surface area contributed by atoms with E-state index in [0.29, 0.717) is 13.2 Å². The lowest BCUT2D eigenvalue weighted by molar-refractivity contribution is 0.357. The largest absolute Gasteiger partial charge is 0.488 e. The third kappa shape index (κ3) is 4.35. The van der Waals surface area contributed by atoms with Crippen LogP contribution in [0.4, 0.5) is 5.69 Å². The van der Waals surface area contributed by atoms with Crippen LogP contribution in [0.3, 0.4) is 0 Å². The lowest BCUT2D eigenvalue weighted by Gasteiger charge is -2.15. The predicted octanol–water partition coefficient (Wildman–Crippen LogP) is 5.70. The van der Waals surface area contributed by atoms with E-state index in [9.17, 15) is 0 Å². The van der Waals surface area contributed by atoms with E-state index in [2.05, 4.69) is 68.9 Å². The van der Waals surface area contributed by atoms with Gasteiger partial charge in [0, 0.05) is 22.3 Å². The van der Waals surface area contributed by atoms with E-state index in [1.54, 1.807) is 6.08 Å². The van der Waals surface area contributed by atoms with Gasteiger partial charge in [-0.05, 0) is 46.6 Å². The highest BCUT2D eigenvalue weighted by atomic mass is 79.9. The molecule has 2 rings (SSSR count).